The smallest absolute Gasteiger partial charge is 0.318 e. The molecule has 0 aromatic heterocycles. The molecule has 0 spiro atoms. The quantitative estimate of drug-likeness (QED) is 0.339. The first-order chi connectivity index (χ1) is 8.12. The fourth-order valence-corrected chi connectivity index (χ4v) is 1.23. The standard InChI is InChI=1S/C12H15N3O2/c1-3-12(2,14-15-13)11(16)17-9-10-7-5-4-6-8-10/h4-8H,3,9H2,1-2H3/t12-/m1/s1. The first-order valence-electron chi connectivity index (χ1n) is 5.40. The molecule has 0 saturated heterocycles. The zero-order valence-electron chi connectivity index (χ0n) is 9.96. The van der Waals surface area contributed by atoms with E-state index in [2.05, 4.69) is 10.0 Å². The minimum absolute atomic E-state index is 0.191. The Bertz CT molecular complexity index is 427. The monoisotopic (exact) mass is 233 g/mol. The molecule has 17 heavy (non-hydrogen) atoms. The molecule has 0 unspecified atom stereocenters. The van der Waals surface area contributed by atoms with Crippen molar-refractivity contribution in [3.05, 3.63) is 46.3 Å². The molecule has 5 heteroatoms. The summed E-state index contributed by atoms with van der Waals surface area (Å²) in [6.45, 7) is 3.54. The number of azide groups is 1. The molecule has 0 aliphatic heterocycles. The van der Waals surface area contributed by atoms with E-state index in [-0.39, 0.29) is 6.61 Å². The summed E-state index contributed by atoms with van der Waals surface area (Å²) in [6.07, 6.45) is 0.407. The zero-order valence-corrected chi connectivity index (χ0v) is 9.96. The molecule has 0 heterocycles. The summed E-state index contributed by atoms with van der Waals surface area (Å²) < 4.78 is 5.13. The molecular formula is C12H15N3O2. The van der Waals surface area contributed by atoms with Crippen molar-refractivity contribution >= 4 is 5.97 Å². The van der Waals surface area contributed by atoms with Gasteiger partial charge in [-0.15, -0.1) is 0 Å². The third kappa shape index (κ3) is 3.50. The number of nitrogens with zero attached hydrogens (tertiary/aromatic N) is 3. The second kappa shape index (κ2) is 5.92. The van der Waals surface area contributed by atoms with Crippen LogP contribution in [0.5, 0.6) is 0 Å². The van der Waals surface area contributed by atoms with Crippen molar-refractivity contribution in [3.63, 3.8) is 0 Å². The Kier molecular flexibility index (Phi) is 4.55. The van der Waals surface area contributed by atoms with Crippen molar-refractivity contribution in [2.24, 2.45) is 5.11 Å². The first kappa shape index (κ1) is 13.1. The average molecular weight is 233 g/mol. The van der Waals surface area contributed by atoms with Crippen molar-refractivity contribution in [1.29, 1.82) is 0 Å². The summed E-state index contributed by atoms with van der Waals surface area (Å²) in [5.41, 5.74) is 8.20. The fourth-order valence-electron chi connectivity index (χ4n) is 1.23. The predicted molar refractivity (Wildman–Crippen MR) is 64.1 cm³/mol. The minimum atomic E-state index is -1.12. The lowest BCUT2D eigenvalue weighted by Crippen LogP contribution is -2.33. The lowest BCUT2D eigenvalue weighted by molar-refractivity contribution is -0.150. The van der Waals surface area contributed by atoms with Crippen LogP contribution in [0.15, 0.2) is 35.4 Å². The molecule has 0 radical (unpaired) electrons. The Balaban J connectivity index is 2.63. The van der Waals surface area contributed by atoms with Gasteiger partial charge in [-0.25, -0.2) is 0 Å². The van der Waals surface area contributed by atoms with E-state index < -0.39 is 11.5 Å². The molecule has 0 N–H and O–H groups in total. The number of benzene rings is 1. The second-order valence-electron chi connectivity index (χ2n) is 3.88. The van der Waals surface area contributed by atoms with Gasteiger partial charge in [0.2, 0.25) is 0 Å². The van der Waals surface area contributed by atoms with Gasteiger partial charge in [0.15, 0.2) is 0 Å². The fraction of sp³-hybridized carbons (Fsp3) is 0.417. The van der Waals surface area contributed by atoms with Gasteiger partial charge in [-0.3, -0.25) is 4.79 Å². The highest BCUT2D eigenvalue weighted by Gasteiger charge is 2.31. The number of rotatable bonds is 5. The van der Waals surface area contributed by atoms with Crippen LogP contribution in [0.1, 0.15) is 25.8 Å². The van der Waals surface area contributed by atoms with Crippen LogP contribution in [-0.2, 0) is 16.1 Å². The van der Waals surface area contributed by atoms with Crippen molar-refractivity contribution in [2.75, 3.05) is 0 Å². The molecule has 0 amide bonds. The zero-order chi connectivity index (χ0) is 12.7. The number of hydrogen-bond acceptors (Lipinski definition) is 3. The van der Waals surface area contributed by atoms with E-state index in [1.54, 1.807) is 13.8 Å². The SMILES string of the molecule is CC[C@@](C)(N=[N+]=[N-])C(=O)OCc1ccccc1. The summed E-state index contributed by atoms with van der Waals surface area (Å²) in [4.78, 5) is 14.5. The van der Waals surface area contributed by atoms with Gasteiger partial charge < -0.3 is 4.74 Å². The Morgan fingerprint density at radius 3 is 2.65 bits per heavy atom. The Morgan fingerprint density at radius 1 is 1.47 bits per heavy atom. The Morgan fingerprint density at radius 2 is 2.12 bits per heavy atom. The van der Waals surface area contributed by atoms with Crippen LogP contribution in [0.25, 0.3) is 10.4 Å². The van der Waals surface area contributed by atoms with Gasteiger partial charge in [-0.05, 0) is 24.4 Å². The van der Waals surface area contributed by atoms with Gasteiger partial charge in [-0.1, -0.05) is 42.4 Å². The molecule has 90 valence electrons. The van der Waals surface area contributed by atoms with Crippen molar-refractivity contribution in [2.45, 2.75) is 32.4 Å². The minimum Gasteiger partial charge on any atom is -0.460 e. The first-order valence-corrected chi connectivity index (χ1v) is 5.40. The Labute approximate surface area is 100 Å². The molecule has 0 saturated carbocycles. The molecule has 1 atom stereocenters. The van der Waals surface area contributed by atoms with Crippen LogP contribution in [0.3, 0.4) is 0 Å². The molecular weight excluding hydrogens is 218 g/mol. The summed E-state index contributed by atoms with van der Waals surface area (Å²) in [7, 11) is 0. The van der Waals surface area contributed by atoms with Crippen molar-refractivity contribution in [1.82, 2.24) is 0 Å². The molecule has 0 fully saturated rings. The van der Waals surface area contributed by atoms with Crippen LogP contribution in [0.4, 0.5) is 0 Å². The van der Waals surface area contributed by atoms with Gasteiger partial charge in [0.1, 0.15) is 12.1 Å². The third-order valence-corrected chi connectivity index (χ3v) is 2.61. The number of esters is 1. The van der Waals surface area contributed by atoms with E-state index in [9.17, 15) is 4.79 Å². The van der Waals surface area contributed by atoms with Crippen LogP contribution in [-0.4, -0.2) is 11.5 Å². The van der Waals surface area contributed by atoms with Gasteiger partial charge in [0.25, 0.3) is 0 Å². The topological polar surface area (TPSA) is 75.1 Å². The highest BCUT2D eigenvalue weighted by atomic mass is 16.5. The number of carbonyl (C=O) groups is 1. The maximum Gasteiger partial charge on any atom is 0.318 e. The molecule has 0 bridgehead atoms. The Hall–Kier alpha value is -2.00. The highest BCUT2D eigenvalue weighted by Crippen LogP contribution is 2.18. The largest absolute Gasteiger partial charge is 0.460 e. The van der Waals surface area contributed by atoms with E-state index >= 15 is 0 Å². The number of carbonyl (C=O) groups excluding carboxylic acids is 1. The number of hydrogen-bond donors (Lipinski definition) is 0. The lowest BCUT2D eigenvalue weighted by Gasteiger charge is -2.19. The van der Waals surface area contributed by atoms with E-state index in [0.717, 1.165) is 5.56 Å². The summed E-state index contributed by atoms with van der Waals surface area (Å²) in [6, 6.07) is 9.36. The van der Waals surface area contributed by atoms with Gasteiger partial charge >= 0.3 is 5.97 Å². The van der Waals surface area contributed by atoms with Gasteiger partial charge in [-0.2, -0.15) is 0 Å². The van der Waals surface area contributed by atoms with E-state index in [4.69, 9.17) is 10.3 Å². The van der Waals surface area contributed by atoms with Gasteiger partial charge in [0, 0.05) is 4.91 Å². The van der Waals surface area contributed by atoms with E-state index in [0.29, 0.717) is 6.42 Å². The molecule has 1 aromatic carbocycles. The maximum absolute atomic E-state index is 11.8. The maximum atomic E-state index is 11.8. The normalized spacial score (nSPS) is 13.3. The van der Waals surface area contributed by atoms with Crippen LogP contribution in [0.2, 0.25) is 0 Å². The van der Waals surface area contributed by atoms with E-state index in [1.807, 2.05) is 30.3 Å². The molecule has 1 aromatic rings. The molecule has 5 nitrogen and oxygen atoms in total. The predicted octanol–water partition coefficient (Wildman–Crippen LogP) is 3.21. The second-order valence-corrected chi connectivity index (χ2v) is 3.88. The van der Waals surface area contributed by atoms with E-state index in [1.165, 1.54) is 0 Å². The highest BCUT2D eigenvalue weighted by molar-refractivity contribution is 5.80. The van der Waals surface area contributed by atoms with Crippen molar-refractivity contribution < 1.29 is 9.53 Å². The summed E-state index contributed by atoms with van der Waals surface area (Å²) in [5.74, 6) is -0.498. The molecule has 1 rings (SSSR count). The summed E-state index contributed by atoms with van der Waals surface area (Å²) in [5, 5.41) is 3.49. The molecule has 0 aliphatic carbocycles. The average Bonchev–Trinajstić information content (AvgIpc) is 2.37. The van der Waals surface area contributed by atoms with Crippen LogP contribution >= 0.6 is 0 Å². The molecule has 0 aliphatic rings. The van der Waals surface area contributed by atoms with Crippen LogP contribution < -0.4 is 0 Å². The van der Waals surface area contributed by atoms with Gasteiger partial charge in [0.05, 0.1) is 0 Å². The summed E-state index contributed by atoms with van der Waals surface area (Å²) >= 11 is 0. The lowest BCUT2D eigenvalue weighted by atomic mass is 10.0. The van der Waals surface area contributed by atoms with Crippen molar-refractivity contribution in [3.8, 4) is 0 Å². The number of ether oxygens (including phenoxy) is 1. The van der Waals surface area contributed by atoms with Crippen LogP contribution in [0, 0.1) is 0 Å². The third-order valence-electron chi connectivity index (χ3n) is 2.61.